The van der Waals surface area contributed by atoms with Crippen LogP contribution in [-0.2, 0) is 16.1 Å². The molecule has 1 aromatic carbocycles. The first-order valence-corrected chi connectivity index (χ1v) is 6.72. The molecule has 2 atom stereocenters. The van der Waals surface area contributed by atoms with Gasteiger partial charge < -0.3 is 20.1 Å². The van der Waals surface area contributed by atoms with Gasteiger partial charge in [-0.05, 0) is 24.6 Å². The Morgan fingerprint density at radius 2 is 2.14 bits per heavy atom. The summed E-state index contributed by atoms with van der Waals surface area (Å²) < 4.78 is 33.7. The average molecular weight is 337 g/mol. The molecule has 2 N–H and O–H groups in total. The molecule has 1 amide bonds. The molecule has 1 aliphatic rings. The summed E-state index contributed by atoms with van der Waals surface area (Å²) in [4.78, 5) is 12.0. The number of hydrogen-bond acceptors (Lipinski definition) is 4. The van der Waals surface area contributed by atoms with Crippen LogP contribution < -0.4 is 15.4 Å². The molecule has 1 aromatic rings. The lowest BCUT2D eigenvalue weighted by Gasteiger charge is -2.29. The predicted molar refractivity (Wildman–Crippen MR) is 79.4 cm³/mol. The molecule has 1 heterocycles. The van der Waals surface area contributed by atoms with Crippen LogP contribution in [0.25, 0.3) is 0 Å². The van der Waals surface area contributed by atoms with Crippen molar-refractivity contribution in [2.24, 2.45) is 0 Å². The molecule has 0 bridgehead atoms. The number of nitrogens with one attached hydrogen (secondary N) is 2. The van der Waals surface area contributed by atoms with Gasteiger partial charge in [-0.25, -0.2) is 0 Å². The fraction of sp³-hybridized carbons (Fsp3) is 0.500. The molecule has 1 fully saturated rings. The van der Waals surface area contributed by atoms with E-state index in [1.165, 1.54) is 12.1 Å². The van der Waals surface area contributed by atoms with Gasteiger partial charge in [-0.15, -0.1) is 12.4 Å². The van der Waals surface area contributed by atoms with Crippen molar-refractivity contribution in [1.82, 2.24) is 10.6 Å². The Labute approximate surface area is 133 Å². The number of carbonyl (C=O) groups excluding carboxylic acids is 1. The van der Waals surface area contributed by atoms with Crippen LogP contribution in [0.1, 0.15) is 12.5 Å². The summed E-state index contributed by atoms with van der Waals surface area (Å²) in [5.41, 5.74) is 0.800. The first kappa shape index (κ1) is 18.6. The van der Waals surface area contributed by atoms with Gasteiger partial charge in [0.25, 0.3) is 0 Å². The number of rotatable bonds is 5. The van der Waals surface area contributed by atoms with E-state index in [9.17, 15) is 13.6 Å². The lowest BCUT2D eigenvalue weighted by molar-refractivity contribution is -0.129. The number of carbonyl (C=O) groups is 1. The maximum atomic E-state index is 12.0. The van der Waals surface area contributed by atoms with Crippen molar-refractivity contribution >= 4 is 18.3 Å². The van der Waals surface area contributed by atoms with Crippen LogP contribution in [-0.4, -0.2) is 37.8 Å². The Morgan fingerprint density at radius 3 is 2.73 bits per heavy atom. The number of morpholine rings is 1. The van der Waals surface area contributed by atoms with Gasteiger partial charge in [0.05, 0.1) is 12.7 Å². The molecule has 0 spiro atoms. The third-order valence-corrected chi connectivity index (χ3v) is 3.21. The van der Waals surface area contributed by atoms with Gasteiger partial charge in [-0.2, -0.15) is 8.78 Å². The highest BCUT2D eigenvalue weighted by molar-refractivity contribution is 5.85. The first-order chi connectivity index (χ1) is 10.1. The minimum Gasteiger partial charge on any atom is -0.435 e. The maximum Gasteiger partial charge on any atom is 0.387 e. The standard InChI is InChI=1S/C14H18F2N2O3.ClH/c1-9-12(17-6-7-20-9)13(19)18-8-10-2-4-11(5-3-10)21-14(15)16;/h2-5,9,12,14,17H,6-8H2,1H3,(H,18,19);1H/t9-,12+;/m1./s1. The van der Waals surface area contributed by atoms with Gasteiger partial charge in [-0.3, -0.25) is 4.79 Å². The van der Waals surface area contributed by atoms with Gasteiger partial charge in [0.1, 0.15) is 11.8 Å². The zero-order chi connectivity index (χ0) is 15.2. The quantitative estimate of drug-likeness (QED) is 0.859. The van der Waals surface area contributed by atoms with Crippen LogP contribution in [0.5, 0.6) is 5.75 Å². The average Bonchev–Trinajstić information content (AvgIpc) is 2.46. The molecule has 0 unspecified atom stereocenters. The number of hydrogen-bond donors (Lipinski definition) is 2. The highest BCUT2D eigenvalue weighted by atomic mass is 35.5. The monoisotopic (exact) mass is 336 g/mol. The molecule has 1 saturated heterocycles. The topological polar surface area (TPSA) is 59.6 Å². The van der Waals surface area contributed by atoms with Crippen molar-refractivity contribution in [2.75, 3.05) is 13.2 Å². The predicted octanol–water partition coefficient (Wildman–Crippen LogP) is 1.70. The second kappa shape index (κ2) is 8.87. The summed E-state index contributed by atoms with van der Waals surface area (Å²) in [6, 6.07) is 5.77. The van der Waals surface area contributed by atoms with E-state index in [-0.39, 0.29) is 36.2 Å². The molecular formula is C14H19ClF2N2O3. The van der Waals surface area contributed by atoms with Crippen LogP contribution in [0.3, 0.4) is 0 Å². The fourth-order valence-corrected chi connectivity index (χ4v) is 2.12. The molecule has 8 heteroatoms. The number of benzene rings is 1. The van der Waals surface area contributed by atoms with E-state index in [1.807, 2.05) is 6.92 Å². The number of halogens is 3. The maximum absolute atomic E-state index is 12.0. The van der Waals surface area contributed by atoms with Gasteiger partial charge >= 0.3 is 6.61 Å². The van der Waals surface area contributed by atoms with Gasteiger partial charge in [0.15, 0.2) is 0 Å². The summed E-state index contributed by atoms with van der Waals surface area (Å²) >= 11 is 0. The van der Waals surface area contributed by atoms with E-state index in [0.717, 1.165) is 5.56 Å². The minimum absolute atomic E-state index is 0. The van der Waals surface area contributed by atoms with E-state index in [0.29, 0.717) is 19.7 Å². The molecule has 124 valence electrons. The van der Waals surface area contributed by atoms with Crippen LogP contribution in [0.15, 0.2) is 24.3 Å². The van der Waals surface area contributed by atoms with Gasteiger partial charge in [0.2, 0.25) is 5.91 Å². The zero-order valence-corrected chi connectivity index (χ0v) is 12.9. The summed E-state index contributed by atoms with van der Waals surface area (Å²) in [7, 11) is 0. The van der Waals surface area contributed by atoms with Crippen LogP contribution in [0.4, 0.5) is 8.78 Å². The number of ether oxygens (including phenoxy) is 2. The molecule has 0 radical (unpaired) electrons. The molecule has 0 aromatic heterocycles. The smallest absolute Gasteiger partial charge is 0.387 e. The van der Waals surface area contributed by atoms with Gasteiger partial charge in [0, 0.05) is 13.1 Å². The molecule has 1 aliphatic heterocycles. The molecule has 0 aliphatic carbocycles. The zero-order valence-electron chi connectivity index (χ0n) is 12.1. The van der Waals surface area contributed by atoms with Gasteiger partial charge in [-0.1, -0.05) is 12.1 Å². The Kier molecular flexibility index (Phi) is 7.50. The molecule has 5 nitrogen and oxygen atoms in total. The molecular weight excluding hydrogens is 318 g/mol. The van der Waals surface area contributed by atoms with E-state index >= 15 is 0 Å². The van der Waals surface area contributed by atoms with E-state index < -0.39 is 6.61 Å². The van der Waals surface area contributed by atoms with Crippen molar-refractivity contribution in [3.63, 3.8) is 0 Å². The lowest BCUT2D eigenvalue weighted by atomic mass is 10.1. The Bertz CT molecular complexity index is 474. The summed E-state index contributed by atoms with van der Waals surface area (Å²) in [5.74, 6) is -0.0499. The van der Waals surface area contributed by atoms with E-state index in [2.05, 4.69) is 15.4 Å². The minimum atomic E-state index is -2.84. The van der Waals surface area contributed by atoms with Crippen LogP contribution in [0.2, 0.25) is 0 Å². The number of alkyl halides is 2. The van der Waals surface area contributed by atoms with Crippen molar-refractivity contribution in [3.05, 3.63) is 29.8 Å². The van der Waals surface area contributed by atoms with Crippen LogP contribution >= 0.6 is 12.4 Å². The Balaban J connectivity index is 0.00000242. The largest absolute Gasteiger partial charge is 0.435 e. The summed E-state index contributed by atoms with van der Waals surface area (Å²) in [6.45, 7) is 0.555. The van der Waals surface area contributed by atoms with Crippen LogP contribution in [0, 0.1) is 0 Å². The van der Waals surface area contributed by atoms with Crippen molar-refractivity contribution in [2.45, 2.75) is 32.2 Å². The van der Waals surface area contributed by atoms with Crippen molar-refractivity contribution in [1.29, 1.82) is 0 Å². The third-order valence-electron chi connectivity index (χ3n) is 3.21. The second-order valence-electron chi connectivity index (χ2n) is 4.75. The summed E-state index contributed by atoms with van der Waals surface area (Å²) in [6.07, 6.45) is -0.180. The lowest BCUT2D eigenvalue weighted by Crippen LogP contribution is -2.55. The highest BCUT2D eigenvalue weighted by Gasteiger charge is 2.27. The fourth-order valence-electron chi connectivity index (χ4n) is 2.12. The van der Waals surface area contributed by atoms with Crippen molar-refractivity contribution < 1.29 is 23.0 Å². The molecule has 0 saturated carbocycles. The third kappa shape index (κ3) is 5.40. The number of amides is 1. The van der Waals surface area contributed by atoms with Crippen molar-refractivity contribution in [3.8, 4) is 5.75 Å². The SMILES string of the molecule is C[C@H]1OCCN[C@@H]1C(=O)NCc1ccc(OC(F)F)cc1.Cl. The Hall–Kier alpha value is -1.44. The first-order valence-electron chi connectivity index (χ1n) is 6.72. The molecule has 22 heavy (non-hydrogen) atoms. The summed E-state index contributed by atoms with van der Waals surface area (Å²) in [5, 5.41) is 5.88. The normalized spacial score (nSPS) is 21.1. The van der Waals surface area contributed by atoms with E-state index in [4.69, 9.17) is 4.74 Å². The molecule has 2 rings (SSSR count). The van der Waals surface area contributed by atoms with E-state index in [1.54, 1.807) is 12.1 Å². The second-order valence-corrected chi connectivity index (χ2v) is 4.75. The highest BCUT2D eigenvalue weighted by Crippen LogP contribution is 2.15. The Morgan fingerprint density at radius 1 is 1.45 bits per heavy atom.